The molecule has 0 aliphatic heterocycles. The fourth-order valence-corrected chi connectivity index (χ4v) is 2.77. The summed E-state index contributed by atoms with van der Waals surface area (Å²) in [5, 5.41) is 15.4. The van der Waals surface area contributed by atoms with Crippen molar-refractivity contribution < 1.29 is 14.5 Å². The standard InChI is InChI=1S/C19H16ClN3O4/c1-2-27-19(24)16-11-21-17-8-7-14(23(25)26)9-15(17)18(16)22-10-12-3-5-13(20)6-4-12/h3-9,11H,2,10H2,1H3,(H,21,22). The number of nitro groups is 1. The Kier molecular flexibility index (Phi) is 5.52. The molecule has 138 valence electrons. The lowest BCUT2D eigenvalue weighted by atomic mass is 10.1. The molecule has 0 fully saturated rings. The van der Waals surface area contributed by atoms with Crippen LogP contribution in [-0.2, 0) is 11.3 Å². The van der Waals surface area contributed by atoms with Crippen LogP contribution in [0.1, 0.15) is 22.8 Å². The summed E-state index contributed by atoms with van der Waals surface area (Å²) in [7, 11) is 0. The van der Waals surface area contributed by atoms with Crippen LogP contribution in [0, 0.1) is 10.1 Å². The third-order valence-corrected chi connectivity index (χ3v) is 4.19. The summed E-state index contributed by atoms with van der Waals surface area (Å²) < 4.78 is 5.09. The maximum Gasteiger partial charge on any atom is 0.341 e. The Morgan fingerprint density at radius 2 is 2.00 bits per heavy atom. The number of halogens is 1. The molecule has 7 nitrogen and oxygen atoms in total. The van der Waals surface area contributed by atoms with E-state index in [1.54, 1.807) is 25.1 Å². The molecule has 1 heterocycles. The zero-order valence-electron chi connectivity index (χ0n) is 14.4. The second kappa shape index (κ2) is 8.01. The van der Waals surface area contributed by atoms with Crippen LogP contribution in [0.4, 0.5) is 11.4 Å². The number of pyridine rings is 1. The molecule has 0 aliphatic rings. The average Bonchev–Trinajstić information content (AvgIpc) is 2.66. The number of anilines is 1. The molecule has 3 rings (SSSR count). The highest BCUT2D eigenvalue weighted by atomic mass is 35.5. The van der Waals surface area contributed by atoms with E-state index in [1.165, 1.54) is 18.3 Å². The minimum atomic E-state index is -0.544. The maximum atomic E-state index is 12.3. The van der Waals surface area contributed by atoms with Crippen molar-refractivity contribution in [2.75, 3.05) is 11.9 Å². The molecule has 27 heavy (non-hydrogen) atoms. The van der Waals surface area contributed by atoms with E-state index in [1.807, 2.05) is 12.1 Å². The summed E-state index contributed by atoms with van der Waals surface area (Å²) in [4.78, 5) is 27.2. The van der Waals surface area contributed by atoms with Gasteiger partial charge in [0.1, 0.15) is 5.56 Å². The van der Waals surface area contributed by atoms with E-state index in [4.69, 9.17) is 16.3 Å². The quantitative estimate of drug-likeness (QED) is 0.379. The van der Waals surface area contributed by atoms with E-state index >= 15 is 0 Å². The van der Waals surface area contributed by atoms with Crippen molar-refractivity contribution in [3.63, 3.8) is 0 Å². The molecule has 1 aromatic heterocycles. The summed E-state index contributed by atoms with van der Waals surface area (Å²) >= 11 is 5.90. The number of fused-ring (bicyclic) bond motifs is 1. The Bertz CT molecular complexity index is 1010. The molecule has 3 aromatic rings. The van der Waals surface area contributed by atoms with Crippen molar-refractivity contribution >= 4 is 39.8 Å². The number of rotatable bonds is 6. The first-order chi connectivity index (χ1) is 13.0. The number of hydrogen-bond acceptors (Lipinski definition) is 6. The second-order valence-corrected chi connectivity index (χ2v) is 6.14. The number of benzene rings is 2. The van der Waals surface area contributed by atoms with Crippen LogP contribution in [0.15, 0.2) is 48.7 Å². The molecule has 0 amide bonds. The van der Waals surface area contributed by atoms with Gasteiger partial charge in [0, 0.05) is 35.3 Å². The van der Waals surface area contributed by atoms with Crippen LogP contribution in [0.2, 0.25) is 5.02 Å². The number of hydrogen-bond donors (Lipinski definition) is 1. The van der Waals surface area contributed by atoms with Crippen LogP contribution in [-0.4, -0.2) is 22.5 Å². The molecule has 0 aliphatic carbocycles. The Morgan fingerprint density at radius 3 is 2.67 bits per heavy atom. The van der Waals surface area contributed by atoms with Crippen molar-refractivity contribution in [1.82, 2.24) is 4.98 Å². The molecule has 1 N–H and O–H groups in total. The minimum absolute atomic E-state index is 0.0835. The van der Waals surface area contributed by atoms with Crippen molar-refractivity contribution in [3.05, 3.63) is 74.9 Å². The third-order valence-electron chi connectivity index (χ3n) is 3.94. The number of non-ortho nitro benzene ring substituents is 1. The molecule has 0 atom stereocenters. The maximum absolute atomic E-state index is 12.3. The van der Waals surface area contributed by atoms with Gasteiger partial charge < -0.3 is 10.1 Å². The van der Waals surface area contributed by atoms with E-state index in [9.17, 15) is 14.9 Å². The van der Waals surface area contributed by atoms with Gasteiger partial charge in [0.25, 0.3) is 5.69 Å². The van der Waals surface area contributed by atoms with E-state index in [0.717, 1.165) is 5.56 Å². The SMILES string of the molecule is CCOC(=O)c1cnc2ccc([N+](=O)[O-])cc2c1NCc1ccc(Cl)cc1. The summed E-state index contributed by atoms with van der Waals surface area (Å²) in [6.45, 7) is 2.31. The highest BCUT2D eigenvalue weighted by Crippen LogP contribution is 2.30. The van der Waals surface area contributed by atoms with Crippen LogP contribution < -0.4 is 5.32 Å². The lowest BCUT2D eigenvalue weighted by molar-refractivity contribution is -0.384. The number of carbonyl (C=O) groups is 1. The van der Waals surface area contributed by atoms with Gasteiger partial charge in [-0.1, -0.05) is 23.7 Å². The first kappa shape index (κ1) is 18.6. The first-order valence-electron chi connectivity index (χ1n) is 8.22. The summed E-state index contributed by atoms with van der Waals surface area (Å²) in [5.74, 6) is -0.544. The minimum Gasteiger partial charge on any atom is -0.462 e. The number of aromatic nitrogens is 1. The number of ether oxygens (including phenoxy) is 1. The van der Waals surface area contributed by atoms with E-state index in [0.29, 0.717) is 28.2 Å². The van der Waals surface area contributed by atoms with Gasteiger partial charge in [-0.25, -0.2) is 4.79 Å². The van der Waals surface area contributed by atoms with Crippen molar-refractivity contribution in [2.24, 2.45) is 0 Å². The summed E-state index contributed by atoms with van der Waals surface area (Å²) in [6.07, 6.45) is 1.41. The Morgan fingerprint density at radius 1 is 1.26 bits per heavy atom. The number of nitrogens with zero attached hydrogens (tertiary/aromatic N) is 2. The van der Waals surface area contributed by atoms with Crippen LogP contribution in [0.25, 0.3) is 10.9 Å². The van der Waals surface area contributed by atoms with Crippen molar-refractivity contribution in [3.8, 4) is 0 Å². The first-order valence-corrected chi connectivity index (χ1v) is 8.60. The van der Waals surface area contributed by atoms with E-state index in [-0.39, 0.29) is 17.9 Å². The molecule has 0 saturated carbocycles. The van der Waals surface area contributed by atoms with Crippen LogP contribution in [0.3, 0.4) is 0 Å². The van der Waals surface area contributed by atoms with Crippen LogP contribution in [0.5, 0.6) is 0 Å². The Hall–Kier alpha value is -3.19. The largest absolute Gasteiger partial charge is 0.462 e. The topological polar surface area (TPSA) is 94.4 Å². The zero-order valence-corrected chi connectivity index (χ0v) is 15.2. The van der Waals surface area contributed by atoms with Gasteiger partial charge in [0.2, 0.25) is 0 Å². The molecule has 0 spiro atoms. The smallest absolute Gasteiger partial charge is 0.341 e. The highest BCUT2D eigenvalue weighted by Gasteiger charge is 2.18. The fraction of sp³-hybridized carbons (Fsp3) is 0.158. The second-order valence-electron chi connectivity index (χ2n) is 5.71. The lowest BCUT2D eigenvalue weighted by Crippen LogP contribution is -2.11. The van der Waals surface area contributed by atoms with Gasteiger partial charge in [-0.05, 0) is 30.7 Å². The summed E-state index contributed by atoms with van der Waals surface area (Å²) in [5.41, 5.74) is 2.05. The monoisotopic (exact) mass is 385 g/mol. The van der Waals surface area contributed by atoms with Gasteiger partial charge in [-0.3, -0.25) is 15.1 Å². The predicted molar refractivity (Wildman–Crippen MR) is 103 cm³/mol. The predicted octanol–water partition coefficient (Wildman–Crippen LogP) is 4.59. The van der Waals surface area contributed by atoms with Gasteiger partial charge in [-0.15, -0.1) is 0 Å². The van der Waals surface area contributed by atoms with Gasteiger partial charge in [0.05, 0.1) is 22.7 Å². The molecular weight excluding hydrogens is 370 g/mol. The number of nitrogens with one attached hydrogen (secondary N) is 1. The molecule has 0 saturated heterocycles. The molecule has 2 aromatic carbocycles. The number of esters is 1. The normalized spacial score (nSPS) is 10.6. The number of nitro benzene ring substituents is 1. The highest BCUT2D eigenvalue weighted by molar-refractivity contribution is 6.30. The van der Waals surface area contributed by atoms with Gasteiger partial charge in [-0.2, -0.15) is 0 Å². The van der Waals surface area contributed by atoms with Gasteiger partial charge in [0.15, 0.2) is 0 Å². The Labute approximate surface area is 160 Å². The molecule has 0 bridgehead atoms. The van der Waals surface area contributed by atoms with E-state index < -0.39 is 10.9 Å². The number of carbonyl (C=O) groups excluding carboxylic acids is 1. The average molecular weight is 386 g/mol. The van der Waals surface area contributed by atoms with Crippen molar-refractivity contribution in [1.29, 1.82) is 0 Å². The molecule has 0 radical (unpaired) electrons. The molecular formula is C19H16ClN3O4. The summed E-state index contributed by atoms with van der Waals surface area (Å²) in [6, 6.07) is 11.6. The van der Waals surface area contributed by atoms with Gasteiger partial charge >= 0.3 is 5.97 Å². The lowest BCUT2D eigenvalue weighted by Gasteiger charge is -2.14. The molecule has 0 unspecified atom stereocenters. The fourth-order valence-electron chi connectivity index (χ4n) is 2.64. The van der Waals surface area contributed by atoms with E-state index in [2.05, 4.69) is 10.3 Å². The Balaban J connectivity index is 2.07. The molecule has 8 heteroatoms. The van der Waals surface area contributed by atoms with Crippen molar-refractivity contribution in [2.45, 2.75) is 13.5 Å². The van der Waals surface area contributed by atoms with Crippen LogP contribution >= 0.6 is 11.6 Å². The third kappa shape index (κ3) is 4.15. The zero-order chi connectivity index (χ0) is 19.4.